The molecule has 0 bridgehead atoms. The molecule has 2 saturated heterocycles. The molecule has 1 amide bonds. The molecule has 8 nitrogen and oxygen atoms in total. The Morgan fingerprint density at radius 1 is 1.21 bits per heavy atom. The Balaban J connectivity index is 1.41. The maximum absolute atomic E-state index is 12.9. The second-order valence-corrected chi connectivity index (χ2v) is 9.40. The number of piperazine rings is 1. The standard InChI is InChI=1S/C20H26N6O2S/c1-14-22-16(11-29-14)18(27)26-4-3-20(12-26)13-28-10-15-9-21-19(23-17(15)20)25-7-5-24(2)6-8-25/h9,11H,3-8,10,12-13H2,1-2H3. The molecule has 154 valence electrons. The van der Waals surface area contributed by atoms with Crippen LogP contribution in [0.5, 0.6) is 0 Å². The fourth-order valence-electron chi connectivity index (χ4n) is 4.53. The summed E-state index contributed by atoms with van der Waals surface area (Å²) in [6, 6.07) is 0. The van der Waals surface area contributed by atoms with Crippen molar-refractivity contribution in [3.05, 3.63) is 33.5 Å². The Morgan fingerprint density at radius 3 is 2.79 bits per heavy atom. The van der Waals surface area contributed by atoms with Crippen molar-refractivity contribution in [3.63, 3.8) is 0 Å². The number of anilines is 1. The molecular weight excluding hydrogens is 388 g/mol. The molecule has 1 spiro atoms. The SMILES string of the molecule is Cc1nc(C(=O)N2CCC3(COCc4cnc(N5CCN(C)CC5)nc43)C2)cs1. The zero-order chi connectivity index (χ0) is 20.0. The van der Waals surface area contributed by atoms with Gasteiger partial charge in [-0.1, -0.05) is 0 Å². The Labute approximate surface area is 174 Å². The first kappa shape index (κ1) is 18.9. The van der Waals surface area contributed by atoms with Gasteiger partial charge in [0, 0.05) is 56.4 Å². The molecule has 1 unspecified atom stereocenters. The molecule has 3 aliphatic heterocycles. The number of ether oxygens (including phenoxy) is 1. The van der Waals surface area contributed by atoms with Gasteiger partial charge in [-0.05, 0) is 20.4 Å². The summed E-state index contributed by atoms with van der Waals surface area (Å²) < 4.78 is 5.92. The molecule has 0 aliphatic carbocycles. The van der Waals surface area contributed by atoms with Gasteiger partial charge in [0.25, 0.3) is 5.91 Å². The Kier molecular flexibility index (Phi) is 4.76. The number of nitrogens with zero attached hydrogens (tertiary/aromatic N) is 6. The topological polar surface area (TPSA) is 74.7 Å². The summed E-state index contributed by atoms with van der Waals surface area (Å²) in [5, 5.41) is 2.76. The molecule has 0 aromatic carbocycles. The predicted molar refractivity (Wildman–Crippen MR) is 110 cm³/mol. The monoisotopic (exact) mass is 414 g/mol. The van der Waals surface area contributed by atoms with E-state index in [-0.39, 0.29) is 11.3 Å². The minimum Gasteiger partial charge on any atom is -0.376 e. The maximum atomic E-state index is 12.9. The van der Waals surface area contributed by atoms with E-state index in [4.69, 9.17) is 9.72 Å². The third-order valence-electron chi connectivity index (χ3n) is 6.26. The van der Waals surface area contributed by atoms with Crippen molar-refractivity contribution in [2.24, 2.45) is 0 Å². The molecule has 29 heavy (non-hydrogen) atoms. The van der Waals surface area contributed by atoms with E-state index in [1.807, 2.05) is 23.4 Å². The largest absolute Gasteiger partial charge is 0.376 e. The van der Waals surface area contributed by atoms with E-state index in [0.717, 1.165) is 54.8 Å². The molecule has 2 fully saturated rings. The first-order chi connectivity index (χ1) is 14.0. The minimum atomic E-state index is -0.251. The van der Waals surface area contributed by atoms with Crippen molar-refractivity contribution in [2.75, 3.05) is 57.8 Å². The Morgan fingerprint density at radius 2 is 2.03 bits per heavy atom. The van der Waals surface area contributed by atoms with Crippen LogP contribution in [-0.2, 0) is 16.8 Å². The summed E-state index contributed by atoms with van der Waals surface area (Å²) in [6.45, 7) is 8.29. The molecule has 0 radical (unpaired) electrons. The van der Waals surface area contributed by atoms with Crippen molar-refractivity contribution in [1.82, 2.24) is 24.8 Å². The van der Waals surface area contributed by atoms with E-state index in [9.17, 15) is 4.79 Å². The van der Waals surface area contributed by atoms with E-state index in [1.54, 1.807) is 0 Å². The molecule has 5 rings (SSSR count). The van der Waals surface area contributed by atoms with Gasteiger partial charge in [-0.25, -0.2) is 15.0 Å². The van der Waals surface area contributed by atoms with E-state index in [1.165, 1.54) is 11.3 Å². The second kappa shape index (κ2) is 7.30. The first-order valence-corrected chi connectivity index (χ1v) is 11.0. The molecule has 0 N–H and O–H groups in total. The highest BCUT2D eigenvalue weighted by atomic mass is 32.1. The normalized spacial score (nSPS) is 24.9. The second-order valence-electron chi connectivity index (χ2n) is 8.34. The van der Waals surface area contributed by atoms with Crippen LogP contribution < -0.4 is 4.90 Å². The summed E-state index contributed by atoms with van der Waals surface area (Å²) >= 11 is 1.51. The van der Waals surface area contributed by atoms with Gasteiger partial charge in [-0.2, -0.15) is 0 Å². The van der Waals surface area contributed by atoms with Crippen LogP contribution in [0.2, 0.25) is 0 Å². The lowest BCUT2D eigenvalue weighted by atomic mass is 9.80. The van der Waals surface area contributed by atoms with Crippen molar-refractivity contribution in [3.8, 4) is 0 Å². The van der Waals surface area contributed by atoms with Gasteiger partial charge in [0.05, 0.1) is 29.3 Å². The van der Waals surface area contributed by atoms with Crippen LogP contribution in [0.25, 0.3) is 0 Å². The number of thiazole rings is 1. The predicted octanol–water partition coefficient (Wildman–Crippen LogP) is 1.31. The van der Waals surface area contributed by atoms with Crippen LogP contribution in [0.3, 0.4) is 0 Å². The highest BCUT2D eigenvalue weighted by Gasteiger charge is 2.46. The summed E-state index contributed by atoms with van der Waals surface area (Å²) in [4.78, 5) is 33.5. The Bertz CT molecular complexity index is 925. The highest BCUT2D eigenvalue weighted by Crippen LogP contribution is 2.40. The van der Waals surface area contributed by atoms with Crippen LogP contribution in [0.15, 0.2) is 11.6 Å². The smallest absolute Gasteiger partial charge is 0.273 e. The fraction of sp³-hybridized carbons (Fsp3) is 0.600. The minimum absolute atomic E-state index is 0.00620. The van der Waals surface area contributed by atoms with Gasteiger partial charge < -0.3 is 19.4 Å². The quantitative estimate of drug-likeness (QED) is 0.733. The van der Waals surface area contributed by atoms with Crippen molar-refractivity contribution in [2.45, 2.75) is 25.4 Å². The van der Waals surface area contributed by atoms with Crippen LogP contribution >= 0.6 is 11.3 Å². The molecule has 5 heterocycles. The number of amides is 1. The third kappa shape index (κ3) is 3.41. The lowest BCUT2D eigenvalue weighted by molar-refractivity contribution is 0.0483. The van der Waals surface area contributed by atoms with Gasteiger partial charge in [0.15, 0.2) is 0 Å². The Hall–Kier alpha value is -2.10. The fourth-order valence-corrected chi connectivity index (χ4v) is 5.11. The summed E-state index contributed by atoms with van der Waals surface area (Å²) in [7, 11) is 2.14. The van der Waals surface area contributed by atoms with Crippen LogP contribution in [-0.4, -0.2) is 83.6 Å². The first-order valence-electron chi connectivity index (χ1n) is 10.1. The average molecular weight is 415 g/mol. The number of carbonyl (C=O) groups is 1. The number of carbonyl (C=O) groups excluding carboxylic acids is 1. The number of likely N-dealkylation sites (tertiary alicyclic amines) is 1. The molecule has 1 atom stereocenters. The number of hydrogen-bond acceptors (Lipinski definition) is 8. The third-order valence-corrected chi connectivity index (χ3v) is 7.03. The van der Waals surface area contributed by atoms with Crippen LogP contribution in [0, 0.1) is 6.92 Å². The van der Waals surface area contributed by atoms with Gasteiger partial charge in [0.2, 0.25) is 5.95 Å². The number of hydrogen-bond donors (Lipinski definition) is 0. The van der Waals surface area contributed by atoms with Gasteiger partial charge in [-0.3, -0.25) is 4.79 Å². The van der Waals surface area contributed by atoms with Gasteiger partial charge >= 0.3 is 0 Å². The number of likely N-dealkylation sites (N-methyl/N-ethyl adjacent to an activating group) is 1. The lowest BCUT2D eigenvalue weighted by Crippen LogP contribution is -2.46. The zero-order valence-electron chi connectivity index (χ0n) is 16.9. The molecule has 3 aliphatic rings. The molecule has 2 aromatic rings. The van der Waals surface area contributed by atoms with E-state index in [2.05, 4.69) is 26.8 Å². The number of rotatable bonds is 2. The van der Waals surface area contributed by atoms with Crippen LogP contribution in [0.4, 0.5) is 5.95 Å². The summed E-state index contributed by atoms with van der Waals surface area (Å²) in [5.74, 6) is 0.810. The van der Waals surface area contributed by atoms with E-state index >= 15 is 0 Å². The number of aromatic nitrogens is 3. The molecular formula is C20H26N6O2S. The van der Waals surface area contributed by atoms with E-state index < -0.39 is 0 Å². The van der Waals surface area contributed by atoms with Crippen molar-refractivity contribution >= 4 is 23.2 Å². The van der Waals surface area contributed by atoms with Crippen molar-refractivity contribution in [1.29, 1.82) is 0 Å². The lowest BCUT2D eigenvalue weighted by Gasteiger charge is -2.36. The average Bonchev–Trinajstić information content (AvgIpc) is 3.36. The number of aryl methyl sites for hydroxylation is 1. The van der Waals surface area contributed by atoms with Gasteiger partial charge in [-0.15, -0.1) is 11.3 Å². The van der Waals surface area contributed by atoms with Crippen LogP contribution in [0.1, 0.15) is 33.2 Å². The highest BCUT2D eigenvalue weighted by molar-refractivity contribution is 7.09. The summed E-state index contributed by atoms with van der Waals surface area (Å²) in [6.07, 6.45) is 2.78. The van der Waals surface area contributed by atoms with Gasteiger partial charge in [0.1, 0.15) is 5.69 Å². The maximum Gasteiger partial charge on any atom is 0.273 e. The molecule has 9 heteroatoms. The number of fused-ring (bicyclic) bond motifs is 2. The van der Waals surface area contributed by atoms with Crippen molar-refractivity contribution < 1.29 is 9.53 Å². The zero-order valence-corrected chi connectivity index (χ0v) is 17.7. The van der Waals surface area contributed by atoms with E-state index in [0.29, 0.717) is 32.0 Å². The summed E-state index contributed by atoms with van der Waals surface area (Å²) in [5.41, 5.74) is 2.41. The molecule has 2 aromatic heterocycles. The molecule has 0 saturated carbocycles.